The molecule has 0 atom stereocenters. The number of hydrogen-bond acceptors (Lipinski definition) is 4. The van der Waals surface area contributed by atoms with E-state index in [1.807, 2.05) is 18.2 Å². The molecule has 0 radical (unpaired) electrons. The Kier molecular flexibility index (Phi) is 4.57. The zero-order chi connectivity index (χ0) is 15.5. The lowest BCUT2D eigenvalue weighted by Gasteiger charge is -2.06. The lowest BCUT2D eigenvalue weighted by molar-refractivity contribution is 0.849. The number of halogens is 2. The van der Waals surface area contributed by atoms with Crippen LogP contribution in [0.5, 0.6) is 0 Å². The molecule has 2 aromatic carbocycles. The Morgan fingerprint density at radius 2 is 1.82 bits per heavy atom. The summed E-state index contributed by atoms with van der Waals surface area (Å²) in [6.07, 6.45) is 0. The first-order chi connectivity index (χ1) is 10.6. The minimum atomic E-state index is 0.489. The van der Waals surface area contributed by atoms with Crippen molar-refractivity contribution < 1.29 is 0 Å². The van der Waals surface area contributed by atoms with E-state index in [0.717, 1.165) is 5.75 Å². The van der Waals surface area contributed by atoms with Crippen molar-refractivity contribution in [2.24, 2.45) is 0 Å². The number of aromatic nitrogens is 3. The van der Waals surface area contributed by atoms with Gasteiger partial charge in [-0.3, -0.25) is 0 Å². The number of hydrogen-bond donors (Lipinski definition) is 1. The minimum Gasteiger partial charge on any atom is -0.335 e. The van der Waals surface area contributed by atoms with E-state index in [1.165, 1.54) is 22.0 Å². The maximum atomic E-state index is 6.18. The molecule has 0 saturated carbocycles. The van der Waals surface area contributed by atoms with Crippen molar-refractivity contribution in [1.82, 2.24) is 14.9 Å². The van der Waals surface area contributed by atoms with Gasteiger partial charge in [-0.25, -0.2) is 4.68 Å². The second kappa shape index (κ2) is 6.60. The van der Waals surface area contributed by atoms with Crippen LogP contribution in [0.1, 0.15) is 5.56 Å². The van der Waals surface area contributed by atoms with Gasteiger partial charge < -0.3 is 5.84 Å². The van der Waals surface area contributed by atoms with E-state index >= 15 is 0 Å². The van der Waals surface area contributed by atoms with Gasteiger partial charge in [-0.2, -0.15) is 0 Å². The Bertz CT molecular complexity index is 789. The Hall–Kier alpha value is -1.69. The molecule has 0 saturated heterocycles. The fraction of sp³-hybridized carbons (Fsp3) is 0.0667. The van der Waals surface area contributed by atoms with Crippen molar-refractivity contribution in [3.8, 4) is 11.4 Å². The molecule has 0 aliphatic rings. The van der Waals surface area contributed by atoms with Crippen LogP contribution in [0.15, 0.2) is 53.7 Å². The predicted molar refractivity (Wildman–Crippen MR) is 91.6 cm³/mol. The molecule has 0 fully saturated rings. The summed E-state index contributed by atoms with van der Waals surface area (Å²) in [5, 5.41) is 9.97. The van der Waals surface area contributed by atoms with Crippen molar-refractivity contribution in [3.63, 3.8) is 0 Å². The van der Waals surface area contributed by atoms with Crippen molar-refractivity contribution in [3.05, 3.63) is 64.1 Å². The molecule has 0 aliphatic heterocycles. The van der Waals surface area contributed by atoms with Crippen LogP contribution in [0.4, 0.5) is 0 Å². The largest absolute Gasteiger partial charge is 0.335 e. The predicted octanol–water partition coefficient (Wildman–Crippen LogP) is 4.26. The Labute approximate surface area is 142 Å². The van der Waals surface area contributed by atoms with Crippen LogP contribution in [0.2, 0.25) is 10.0 Å². The van der Waals surface area contributed by atoms with Gasteiger partial charge in [0.05, 0.1) is 5.02 Å². The number of benzene rings is 2. The molecule has 0 bridgehead atoms. The normalized spacial score (nSPS) is 10.8. The van der Waals surface area contributed by atoms with Crippen molar-refractivity contribution >= 4 is 35.0 Å². The summed E-state index contributed by atoms with van der Waals surface area (Å²) in [5.74, 6) is 7.34. The summed E-state index contributed by atoms with van der Waals surface area (Å²) in [7, 11) is 0. The van der Waals surface area contributed by atoms with Gasteiger partial charge in [0, 0.05) is 16.3 Å². The first-order valence-corrected chi connectivity index (χ1v) is 8.22. The van der Waals surface area contributed by atoms with Crippen LogP contribution < -0.4 is 5.84 Å². The fourth-order valence-electron chi connectivity index (χ4n) is 1.95. The second-order valence-electron chi connectivity index (χ2n) is 4.57. The molecule has 7 heteroatoms. The molecule has 0 spiro atoms. The highest BCUT2D eigenvalue weighted by atomic mass is 35.5. The van der Waals surface area contributed by atoms with Gasteiger partial charge in [-0.1, -0.05) is 65.3 Å². The van der Waals surface area contributed by atoms with Crippen molar-refractivity contribution in [2.75, 3.05) is 5.84 Å². The molecule has 4 nitrogen and oxygen atoms in total. The topological polar surface area (TPSA) is 56.7 Å². The van der Waals surface area contributed by atoms with Crippen LogP contribution in [0, 0.1) is 0 Å². The highest BCUT2D eigenvalue weighted by molar-refractivity contribution is 7.98. The van der Waals surface area contributed by atoms with E-state index in [2.05, 4.69) is 22.3 Å². The van der Waals surface area contributed by atoms with Crippen LogP contribution in [-0.4, -0.2) is 14.9 Å². The van der Waals surface area contributed by atoms with Crippen LogP contribution in [-0.2, 0) is 5.75 Å². The third-order valence-electron chi connectivity index (χ3n) is 3.04. The lowest BCUT2D eigenvalue weighted by atomic mass is 10.2. The van der Waals surface area contributed by atoms with Gasteiger partial charge >= 0.3 is 0 Å². The molecule has 0 aliphatic carbocycles. The number of nitrogen functional groups attached to an aromatic ring is 1. The first kappa shape index (κ1) is 15.2. The van der Waals surface area contributed by atoms with E-state index in [1.54, 1.807) is 18.2 Å². The zero-order valence-corrected chi connectivity index (χ0v) is 13.7. The SMILES string of the molecule is Nn1c(SCc2ccccc2)nnc1-c1cc(Cl)ccc1Cl. The summed E-state index contributed by atoms with van der Waals surface area (Å²) in [6, 6.07) is 15.3. The quantitative estimate of drug-likeness (QED) is 0.564. The average Bonchev–Trinajstić information content (AvgIpc) is 2.89. The number of nitrogens with two attached hydrogens (primary N) is 1. The molecule has 0 unspecified atom stereocenters. The van der Waals surface area contributed by atoms with Crippen LogP contribution in [0.3, 0.4) is 0 Å². The molecule has 1 heterocycles. The summed E-state index contributed by atoms with van der Waals surface area (Å²) in [6.45, 7) is 0. The summed E-state index contributed by atoms with van der Waals surface area (Å²) >= 11 is 13.7. The number of thioether (sulfide) groups is 1. The fourth-order valence-corrected chi connectivity index (χ4v) is 3.14. The first-order valence-electron chi connectivity index (χ1n) is 6.48. The standard InChI is InChI=1S/C15H12Cl2N4S/c16-11-6-7-13(17)12(8-11)14-19-20-15(21(14)18)22-9-10-4-2-1-3-5-10/h1-8H,9,18H2. The van der Waals surface area contributed by atoms with E-state index in [9.17, 15) is 0 Å². The maximum Gasteiger partial charge on any atom is 0.210 e. The molecule has 0 amide bonds. The average molecular weight is 351 g/mol. The molecular weight excluding hydrogens is 339 g/mol. The van der Waals surface area contributed by atoms with E-state index in [0.29, 0.717) is 26.6 Å². The van der Waals surface area contributed by atoms with E-state index in [-0.39, 0.29) is 0 Å². The Morgan fingerprint density at radius 3 is 2.59 bits per heavy atom. The van der Waals surface area contributed by atoms with Gasteiger partial charge in [0.1, 0.15) is 0 Å². The van der Waals surface area contributed by atoms with Gasteiger partial charge in [0.15, 0.2) is 5.82 Å². The molecule has 22 heavy (non-hydrogen) atoms. The highest BCUT2D eigenvalue weighted by Crippen LogP contribution is 2.31. The van der Waals surface area contributed by atoms with Gasteiger partial charge in [0.25, 0.3) is 0 Å². The monoisotopic (exact) mass is 350 g/mol. The number of nitrogens with zero attached hydrogens (tertiary/aromatic N) is 3. The van der Waals surface area contributed by atoms with Crippen LogP contribution >= 0.6 is 35.0 Å². The van der Waals surface area contributed by atoms with Gasteiger partial charge in [0.2, 0.25) is 5.16 Å². The molecule has 3 aromatic rings. The van der Waals surface area contributed by atoms with Crippen LogP contribution in [0.25, 0.3) is 11.4 Å². The summed E-state index contributed by atoms with van der Waals surface area (Å²) < 4.78 is 1.44. The second-order valence-corrected chi connectivity index (χ2v) is 6.36. The van der Waals surface area contributed by atoms with Gasteiger partial charge in [-0.05, 0) is 23.8 Å². The van der Waals surface area contributed by atoms with E-state index < -0.39 is 0 Å². The highest BCUT2D eigenvalue weighted by Gasteiger charge is 2.15. The molecule has 2 N–H and O–H groups in total. The summed E-state index contributed by atoms with van der Waals surface area (Å²) in [4.78, 5) is 0. The third kappa shape index (κ3) is 3.21. The maximum absolute atomic E-state index is 6.18. The molecule has 1 aromatic heterocycles. The minimum absolute atomic E-state index is 0.489. The Morgan fingerprint density at radius 1 is 1.05 bits per heavy atom. The summed E-state index contributed by atoms with van der Waals surface area (Å²) in [5.41, 5.74) is 1.86. The number of rotatable bonds is 4. The zero-order valence-electron chi connectivity index (χ0n) is 11.4. The van der Waals surface area contributed by atoms with Crippen molar-refractivity contribution in [2.45, 2.75) is 10.9 Å². The Balaban J connectivity index is 1.84. The smallest absolute Gasteiger partial charge is 0.210 e. The molecular formula is C15H12Cl2N4S. The van der Waals surface area contributed by atoms with Crippen molar-refractivity contribution in [1.29, 1.82) is 0 Å². The van der Waals surface area contributed by atoms with E-state index in [4.69, 9.17) is 29.0 Å². The van der Waals surface area contributed by atoms with Gasteiger partial charge in [-0.15, -0.1) is 10.2 Å². The molecule has 3 rings (SSSR count). The third-order valence-corrected chi connectivity index (χ3v) is 4.62. The lowest BCUT2D eigenvalue weighted by Crippen LogP contribution is -2.11. The molecule has 112 valence electrons.